The van der Waals surface area contributed by atoms with E-state index in [1.807, 2.05) is 0 Å². The molecule has 1 aromatic heterocycles. The molecular formula is C11H14Cl2N4O2. The molecule has 6 nitrogen and oxygen atoms in total. The van der Waals surface area contributed by atoms with Crippen LogP contribution in [0, 0.1) is 10.1 Å². The van der Waals surface area contributed by atoms with Gasteiger partial charge in [-0.3, -0.25) is 10.1 Å². The highest BCUT2D eigenvalue weighted by Gasteiger charge is 2.20. The number of imidazole rings is 1. The molecule has 1 saturated heterocycles. The van der Waals surface area contributed by atoms with E-state index in [1.54, 1.807) is 6.07 Å². The Bertz CT molecular complexity index is 581. The molecule has 0 saturated carbocycles. The summed E-state index contributed by atoms with van der Waals surface area (Å²) in [5.74, 6) is 0.873. The molecule has 19 heavy (non-hydrogen) atoms. The van der Waals surface area contributed by atoms with Crippen LogP contribution >= 0.6 is 24.8 Å². The molecule has 1 atom stereocenters. The lowest BCUT2D eigenvalue weighted by atomic mass is 10.2. The van der Waals surface area contributed by atoms with Crippen molar-refractivity contribution in [3.8, 4) is 0 Å². The van der Waals surface area contributed by atoms with Crippen molar-refractivity contribution < 1.29 is 4.92 Å². The molecule has 2 heterocycles. The summed E-state index contributed by atoms with van der Waals surface area (Å²) in [5.41, 5.74) is 1.58. The first-order chi connectivity index (χ1) is 8.24. The molecule has 2 aromatic rings. The summed E-state index contributed by atoms with van der Waals surface area (Å²) in [6.45, 7) is 1.00. The highest BCUT2D eigenvalue weighted by Crippen LogP contribution is 2.25. The van der Waals surface area contributed by atoms with Crippen LogP contribution in [-0.4, -0.2) is 21.4 Å². The molecule has 2 N–H and O–H groups in total. The Balaban J connectivity index is 0.000000902. The maximum atomic E-state index is 10.7. The smallest absolute Gasteiger partial charge is 0.271 e. The number of nitrogens with zero attached hydrogens (tertiary/aromatic N) is 2. The van der Waals surface area contributed by atoms with Gasteiger partial charge in [-0.1, -0.05) is 0 Å². The van der Waals surface area contributed by atoms with Crippen molar-refractivity contribution in [2.24, 2.45) is 0 Å². The standard InChI is InChI=1S/C11H12N4O2.2ClH/c16-15(17)7-3-4-8-10(6-7)14-11(13-8)9-2-1-5-12-9;;/h3-4,6,9,12H,1-2,5H2,(H,13,14);2*1H/t9-;;/m1../s1. The summed E-state index contributed by atoms with van der Waals surface area (Å²) in [6, 6.07) is 4.96. The lowest BCUT2D eigenvalue weighted by Gasteiger charge is -2.04. The van der Waals surface area contributed by atoms with E-state index in [0.717, 1.165) is 30.7 Å². The Labute approximate surface area is 122 Å². The number of nitro groups is 1. The van der Waals surface area contributed by atoms with Crippen molar-refractivity contribution in [2.45, 2.75) is 18.9 Å². The van der Waals surface area contributed by atoms with Crippen LogP contribution in [0.2, 0.25) is 0 Å². The maximum Gasteiger partial charge on any atom is 0.271 e. The van der Waals surface area contributed by atoms with Crippen LogP contribution in [0.5, 0.6) is 0 Å². The Kier molecular flexibility index (Phi) is 5.11. The number of rotatable bonds is 2. The van der Waals surface area contributed by atoms with Crippen LogP contribution in [0.3, 0.4) is 0 Å². The van der Waals surface area contributed by atoms with E-state index in [-0.39, 0.29) is 36.5 Å². The molecular weight excluding hydrogens is 291 g/mol. The van der Waals surface area contributed by atoms with Gasteiger partial charge in [-0.25, -0.2) is 4.98 Å². The summed E-state index contributed by atoms with van der Waals surface area (Å²) in [4.78, 5) is 17.9. The zero-order valence-corrected chi connectivity index (χ0v) is 11.6. The van der Waals surface area contributed by atoms with Gasteiger partial charge in [0.25, 0.3) is 5.69 Å². The molecule has 0 amide bonds. The number of hydrogen-bond acceptors (Lipinski definition) is 4. The summed E-state index contributed by atoms with van der Waals surface area (Å²) in [7, 11) is 0. The summed E-state index contributed by atoms with van der Waals surface area (Å²) < 4.78 is 0. The number of halogens is 2. The average Bonchev–Trinajstić information content (AvgIpc) is 2.96. The van der Waals surface area contributed by atoms with Crippen LogP contribution in [0.15, 0.2) is 18.2 Å². The molecule has 0 aliphatic carbocycles. The zero-order chi connectivity index (χ0) is 11.8. The van der Waals surface area contributed by atoms with Crippen LogP contribution in [0.25, 0.3) is 11.0 Å². The van der Waals surface area contributed by atoms with Crippen molar-refractivity contribution >= 4 is 41.5 Å². The van der Waals surface area contributed by atoms with Gasteiger partial charge in [0.05, 0.1) is 22.0 Å². The van der Waals surface area contributed by atoms with Gasteiger partial charge in [-0.2, -0.15) is 0 Å². The Morgan fingerprint density at radius 1 is 1.37 bits per heavy atom. The molecule has 0 radical (unpaired) electrons. The van der Waals surface area contributed by atoms with Crippen molar-refractivity contribution in [3.63, 3.8) is 0 Å². The molecule has 0 spiro atoms. The fraction of sp³-hybridized carbons (Fsp3) is 0.364. The number of aromatic nitrogens is 2. The molecule has 0 unspecified atom stereocenters. The first-order valence-electron chi connectivity index (χ1n) is 5.61. The van der Waals surface area contributed by atoms with Crippen LogP contribution < -0.4 is 5.32 Å². The lowest BCUT2D eigenvalue weighted by molar-refractivity contribution is -0.384. The van der Waals surface area contributed by atoms with Gasteiger partial charge < -0.3 is 10.3 Å². The SMILES string of the molecule is Cl.Cl.O=[N+]([O-])c1ccc2[nH]c([C@H]3CCCN3)nc2c1. The number of H-pyrrole nitrogens is 1. The molecule has 1 aromatic carbocycles. The molecule has 1 aliphatic rings. The monoisotopic (exact) mass is 304 g/mol. The molecule has 8 heteroatoms. The second-order valence-corrected chi connectivity index (χ2v) is 4.23. The molecule has 104 valence electrons. The first kappa shape index (κ1) is 15.7. The molecule has 3 rings (SSSR count). The fourth-order valence-corrected chi connectivity index (χ4v) is 2.21. The summed E-state index contributed by atoms with van der Waals surface area (Å²) in [5, 5.41) is 14.0. The Morgan fingerprint density at radius 3 is 2.79 bits per heavy atom. The van der Waals surface area contributed by atoms with E-state index in [4.69, 9.17) is 0 Å². The second kappa shape index (κ2) is 6.18. The largest absolute Gasteiger partial charge is 0.341 e. The third-order valence-corrected chi connectivity index (χ3v) is 3.09. The third-order valence-electron chi connectivity index (χ3n) is 3.09. The predicted molar refractivity (Wildman–Crippen MR) is 77.2 cm³/mol. The average molecular weight is 305 g/mol. The molecule has 1 aliphatic heterocycles. The molecule has 1 fully saturated rings. The van der Waals surface area contributed by atoms with Crippen LogP contribution in [-0.2, 0) is 0 Å². The van der Waals surface area contributed by atoms with E-state index in [2.05, 4.69) is 15.3 Å². The fourth-order valence-electron chi connectivity index (χ4n) is 2.21. The third kappa shape index (κ3) is 2.97. The quantitative estimate of drug-likeness (QED) is 0.660. The number of nitrogens with one attached hydrogen (secondary N) is 2. The number of fused-ring (bicyclic) bond motifs is 1. The minimum atomic E-state index is -0.401. The van der Waals surface area contributed by atoms with Gasteiger partial charge in [0, 0.05) is 12.1 Å². The van der Waals surface area contributed by atoms with Gasteiger partial charge >= 0.3 is 0 Å². The number of aromatic amines is 1. The lowest BCUT2D eigenvalue weighted by Crippen LogP contribution is -2.13. The van der Waals surface area contributed by atoms with Gasteiger partial charge in [0.15, 0.2) is 0 Å². The van der Waals surface area contributed by atoms with Crippen molar-refractivity contribution in [2.75, 3.05) is 6.54 Å². The predicted octanol–water partition coefficient (Wildman–Crippen LogP) is 2.74. The highest BCUT2D eigenvalue weighted by atomic mass is 35.5. The van der Waals surface area contributed by atoms with Gasteiger partial charge in [0.1, 0.15) is 5.82 Å². The van der Waals surface area contributed by atoms with E-state index >= 15 is 0 Å². The van der Waals surface area contributed by atoms with Crippen LogP contribution in [0.4, 0.5) is 5.69 Å². The minimum Gasteiger partial charge on any atom is -0.341 e. The Morgan fingerprint density at radius 2 is 2.16 bits per heavy atom. The van der Waals surface area contributed by atoms with Crippen molar-refractivity contribution in [3.05, 3.63) is 34.1 Å². The van der Waals surface area contributed by atoms with Gasteiger partial charge in [-0.15, -0.1) is 24.8 Å². The highest BCUT2D eigenvalue weighted by molar-refractivity contribution is 5.85. The number of non-ortho nitro benzene ring substituents is 1. The zero-order valence-electron chi connectivity index (χ0n) is 9.96. The van der Waals surface area contributed by atoms with Gasteiger partial charge in [0.2, 0.25) is 0 Å². The maximum absolute atomic E-state index is 10.7. The topological polar surface area (TPSA) is 83.8 Å². The summed E-state index contributed by atoms with van der Waals surface area (Å²) in [6.07, 6.45) is 2.20. The Hall–Kier alpha value is -1.37. The van der Waals surface area contributed by atoms with Crippen molar-refractivity contribution in [1.82, 2.24) is 15.3 Å². The molecule has 0 bridgehead atoms. The minimum absolute atomic E-state index is 0. The van der Waals surface area contributed by atoms with E-state index < -0.39 is 4.92 Å². The second-order valence-electron chi connectivity index (χ2n) is 4.23. The number of nitro benzene ring substituents is 1. The first-order valence-corrected chi connectivity index (χ1v) is 5.61. The van der Waals surface area contributed by atoms with E-state index in [1.165, 1.54) is 12.1 Å². The van der Waals surface area contributed by atoms with Crippen LogP contribution in [0.1, 0.15) is 24.7 Å². The van der Waals surface area contributed by atoms with Crippen molar-refractivity contribution in [1.29, 1.82) is 0 Å². The van der Waals surface area contributed by atoms with Gasteiger partial charge in [-0.05, 0) is 25.5 Å². The van der Waals surface area contributed by atoms with E-state index in [0.29, 0.717) is 5.52 Å². The number of hydrogen-bond donors (Lipinski definition) is 2. The number of benzene rings is 1. The van der Waals surface area contributed by atoms with E-state index in [9.17, 15) is 10.1 Å². The normalized spacial score (nSPS) is 17.8. The summed E-state index contributed by atoms with van der Waals surface area (Å²) >= 11 is 0.